The number of hydrogen-bond acceptors (Lipinski definition) is 3. The molecule has 3 nitrogen and oxygen atoms in total. The Kier molecular flexibility index (Phi) is 5.40. The Hall–Kier alpha value is -0.870. The van der Waals surface area contributed by atoms with Gasteiger partial charge in [0.25, 0.3) is 0 Å². The quantitative estimate of drug-likeness (QED) is 0.900. The summed E-state index contributed by atoms with van der Waals surface area (Å²) in [5.41, 5.74) is 1.14. The first-order valence-corrected chi connectivity index (χ1v) is 8.67. The zero-order chi connectivity index (χ0) is 13.7. The number of likely N-dealkylation sites (tertiary alicyclic amines) is 1. The maximum Gasteiger partial charge on any atom is 0.0498 e. The van der Waals surface area contributed by atoms with E-state index in [0.29, 0.717) is 6.04 Å². The molecule has 1 heterocycles. The normalized spacial score (nSPS) is 19.3. The van der Waals surface area contributed by atoms with E-state index in [0.717, 1.165) is 10.6 Å². The third-order valence-electron chi connectivity index (χ3n) is 3.68. The lowest BCUT2D eigenvalue weighted by molar-refractivity contribution is 0.219. The Labute approximate surface area is 118 Å². The number of anilines is 1. The Morgan fingerprint density at radius 3 is 2.42 bits per heavy atom. The highest BCUT2D eigenvalue weighted by Gasteiger charge is 2.18. The van der Waals surface area contributed by atoms with Gasteiger partial charge in [-0.05, 0) is 50.1 Å². The van der Waals surface area contributed by atoms with E-state index in [9.17, 15) is 4.21 Å². The van der Waals surface area contributed by atoms with Crippen molar-refractivity contribution in [1.82, 2.24) is 4.90 Å². The lowest BCUT2D eigenvalue weighted by Crippen LogP contribution is -2.39. The highest BCUT2D eigenvalue weighted by atomic mass is 32.2. The highest BCUT2D eigenvalue weighted by molar-refractivity contribution is 7.84. The molecule has 1 aliphatic rings. The zero-order valence-electron chi connectivity index (χ0n) is 11.9. The maximum absolute atomic E-state index is 11.3. The summed E-state index contributed by atoms with van der Waals surface area (Å²) in [6.07, 6.45) is 5.38. The molecule has 1 saturated heterocycles. The van der Waals surface area contributed by atoms with Gasteiger partial charge < -0.3 is 10.2 Å². The fraction of sp³-hybridized carbons (Fsp3) is 0.600. The summed E-state index contributed by atoms with van der Waals surface area (Å²) in [5, 5.41) is 3.58. The molecule has 1 atom stereocenters. The molecule has 1 unspecified atom stereocenters. The van der Waals surface area contributed by atoms with Crippen LogP contribution in [0.1, 0.15) is 26.2 Å². The molecular weight excluding hydrogens is 256 g/mol. The van der Waals surface area contributed by atoms with Crippen LogP contribution in [0.2, 0.25) is 0 Å². The summed E-state index contributed by atoms with van der Waals surface area (Å²) < 4.78 is 11.3. The van der Waals surface area contributed by atoms with Gasteiger partial charge >= 0.3 is 0 Å². The second-order valence-corrected chi connectivity index (χ2v) is 6.62. The summed E-state index contributed by atoms with van der Waals surface area (Å²) in [6.45, 7) is 5.86. The predicted molar refractivity (Wildman–Crippen MR) is 82.2 cm³/mol. The largest absolute Gasteiger partial charge is 0.382 e. The molecule has 0 aliphatic carbocycles. The van der Waals surface area contributed by atoms with E-state index in [1.165, 1.54) is 38.9 Å². The maximum atomic E-state index is 11.3. The van der Waals surface area contributed by atoms with Crippen molar-refractivity contribution >= 4 is 16.5 Å². The van der Waals surface area contributed by atoms with Gasteiger partial charge in [-0.25, -0.2) is 0 Å². The van der Waals surface area contributed by atoms with Crippen LogP contribution >= 0.6 is 0 Å². The number of hydrogen-bond donors (Lipinski definition) is 1. The Morgan fingerprint density at radius 1 is 1.26 bits per heavy atom. The standard InChI is InChI=1S/C15H24N2OS/c1-3-10-17-11-8-14(9-12-17)16-13-4-6-15(7-5-13)19(2)18/h4-7,14,16H,3,8-12H2,1-2H3. The lowest BCUT2D eigenvalue weighted by Gasteiger charge is -2.32. The predicted octanol–water partition coefficient (Wildman–Crippen LogP) is 2.71. The third kappa shape index (κ3) is 4.32. The molecule has 1 N–H and O–H groups in total. The first-order chi connectivity index (χ1) is 9.19. The van der Waals surface area contributed by atoms with Gasteiger partial charge in [-0.2, -0.15) is 0 Å². The van der Waals surface area contributed by atoms with Crippen molar-refractivity contribution in [3.05, 3.63) is 24.3 Å². The van der Waals surface area contributed by atoms with Crippen LogP contribution in [0.15, 0.2) is 29.2 Å². The van der Waals surface area contributed by atoms with Crippen LogP contribution in [0.4, 0.5) is 5.69 Å². The van der Waals surface area contributed by atoms with E-state index in [1.54, 1.807) is 6.26 Å². The minimum atomic E-state index is -0.886. The van der Waals surface area contributed by atoms with Gasteiger partial charge in [0.15, 0.2) is 0 Å². The molecule has 0 aromatic heterocycles. The second-order valence-electron chi connectivity index (χ2n) is 5.24. The minimum Gasteiger partial charge on any atom is -0.382 e. The van der Waals surface area contributed by atoms with Crippen molar-refractivity contribution < 1.29 is 4.21 Å². The van der Waals surface area contributed by atoms with E-state index in [4.69, 9.17) is 0 Å². The highest BCUT2D eigenvalue weighted by Crippen LogP contribution is 2.18. The summed E-state index contributed by atoms with van der Waals surface area (Å²) in [6, 6.07) is 8.55. The van der Waals surface area contributed by atoms with Crippen LogP contribution in [-0.2, 0) is 10.8 Å². The molecule has 2 rings (SSSR count). The van der Waals surface area contributed by atoms with Gasteiger partial charge in [-0.1, -0.05) is 6.92 Å². The number of benzene rings is 1. The smallest absolute Gasteiger partial charge is 0.0498 e. The third-order valence-corrected chi connectivity index (χ3v) is 4.62. The van der Waals surface area contributed by atoms with Crippen LogP contribution in [0.3, 0.4) is 0 Å². The molecule has 1 aliphatic heterocycles. The fourth-order valence-corrected chi connectivity index (χ4v) is 3.11. The summed E-state index contributed by atoms with van der Waals surface area (Å²) in [7, 11) is -0.886. The van der Waals surface area contributed by atoms with Crippen molar-refractivity contribution in [1.29, 1.82) is 0 Å². The zero-order valence-corrected chi connectivity index (χ0v) is 12.7. The van der Waals surface area contributed by atoms with E-state index in [1.807, 2.05) is 24.3 Å². The summed E-state index contributed by atoms with van der Waals surface area (Å²) in [4.78, 5) is 3.44. The van der Waals surface area contributed by atoms with Crippen molar-refractivity contribution in [2.24, 2.45) is 0 Å². The number of nitrogens with zero attached hydrogens (tertiary/aromatic N) is 1. The average Bonchev–Trinajstić information content (AvgIpc) is 2.42. The van der Waals surface area contributed by atoms with E-state index >= 15 is 0 Å². The summed E-state index contributed by atoms with van der Waals surface area (Å²) >= 11 is 0. The fourth-order valence-electron chi connectivity index (χ4n) is 2.60. The molecule has 19 heavy (non-hydrogen) atoms. The van der Waals surface area contributed by atoms with E-state index in [-0.39, 0.29) is 0 Å². The number of nitrogens with one attached hydrogen (secondary N) is 1. The topological polar surface area (TPSA) is 32.3 Å². The summed E-state index contributed by atoms with van der Waals surface area (Å²) in [5.74, 6) is 0. The molecule has 0 spiro atoms. The van der Waals surface area contributed by atoms with Crippen LogP contribution in [-0.4, -0.2) is 41.0 Å². The van der Waals surface area contributed by atoms with Gasteiger partial charge in [-0.15, -0.1) is 0 Å². The van der Waals surface area contributed by atoms with Crippen molar-refractivity contribution in [2.75, 3.05) is 31.2 Å². The molecule has 1 aromatic rings. The minimum absolute atomic E-state index is 0.575. The van der Waals surface area contributed by atoms with Crippen molar-refractivity contribution in [2.45, 2.75) is 37.1 Å². The van der Waals surface area contributed by atoms with Crippen molar-refractivity contribution in [3.63, 3.8) is 0 Å². The second kappa shape index (κ2) is 7.06. The molecule has 1 fully saturated rings. The molecule has 1 aromatic carbocycles. The van der Waals surface area contributed by atoms with Crippen LogP contribution in [0.5, 0.6) is 0 Å². The molecule has 106 valence electrons. The monoisotopic (exact) mass is 280 g/mol. The number of piperidine rings is 1. The van der Waals surface area contributed by atoms with Gasteiger partial charge in [0.1, 0.15) is 0 Å². The van der Waals surface area contributed by atoms with Crippen LogP contribution < -0.4 is 5.32 Å². The van der Waals surface area contributed by atoms with Gasteiger partial charge in [0.05, 0.1) is 0 Å². The SMILES string of the molecule is CCCN1CCC(Nc2ccc(S(C)=O)cc2)CC1. The molecule has 0 radical (unpaired) electrons. The molecule has 0 bridgehead atoms. The van der Waals surface area contributed by atoms with Crippen LogP contribution in [0.25, 0.3) is 0 Å². The molecule has 0 amide bonds. The first-order valence-electron chi connectivity index (χ1n) is 7.11. The first kappa shape index (κ1) is 14.5. The molecular formula is C15H24N2OS. The van der Waals surface area contributed by atoms with Crippen LogP contribution in [0, 0.1) is 0 Å². The average molecular weight is 280 g/mol. The van der Waals surface area contributed by atoms with Gasteiger partial charge in [-0.3, -0.25) is 4.21 Å². The Balaban J connectivity index is 1.83. The van der Waals surface area contributed by atoms with Gasteiger partial charge in [0, 0.05) is 46.8 Å². The molecule has 4 heteroatoms. The Morgan fingerprint density at radius 2 is 1.89 bits per heavy atom. The van der Waals surface area contributed by atoms with Crippen molar-refractivity contribution in [3.8, 4) is 0 Å². The lowest BCUT2D eigenvalue weighted by atomic mass is 10.0. The van der Waals surface area contributed by atoms with Gasteiger partial charge in [0.2, 0.25) is 0 Å². The number of rotatable bonds is 5. The molecule has 0 saturated carbocycles. The Bertz CT molecular complexity index is 411. The van der Waals surface area contributed by atoms with E-state index in [2.05, 4.69) is 17.1 Å². The van der Waals surface area contributed by atoms with E-state index < -0.39 is 10.8 Å².